The predicted molar refractivity (Wildman–Crippen MR) is 115 cm³/mol. The first-order chi connectivity index (χ1) is 14.5. The number of hydrogen-bond donors (Lipinski definition) is 2. The number of rotatable bonds is 7. The Morgan fingerprint density at radius 2 is 1.80 bits per heavy atom. The van der Waals surface area contributed by atoms with Gasteiger partial charge in [0.2, 0.25) is 0 Å². The van der Waals surface area contributed by atoms with Crippen LogP contribution in [-0.2, 0) is 20.9 Å². The SMILES string of the molecule is CN(C)c1ccc([C@@H](CNC(=O)C(=O)NCc2cccnc2)N2CCOCC2)cc1. The summed E-state index contributed by atoms with van der Waals surface area (Å²) in [5, 5.41) is 5.42. The largest absolute Gasteiger partial charge is 0.379 e. The van der Waals surface area contributed by atoms with Gasteiger partial charge in [-0.15, -0.1) is 0 Å². The molecule has 30 heavy (non-hydrogen) atoms. The average Bonchev–Trinajstić information content (AvgIpc) is 2.79. The number of pyridine rings is 1. The topological polar surface area (TPSA) is 86.8 Å². The van der Waals surface area contributed by atoms with Crippen LogP contribution in [0.25, 0.3) is 0 Å². The van der Waals surface area contributed by atoms with Gasteiger partial charge in [0.05, 0.1) is 19.3 Å². The summed E-state index contributed by atoms with van der Waals surface area (Å²) in [6, 6.07) is 11.9. The van der Waals surface area contributed by atoms with Crippen LogP contribution in [0.5, 0.6) is 0 Å². The van der Waals surface area contributed by atoms with Gasteiger partial charge in [-0.05, 0) is 29.3 Å². The van der Waals surface area contributed by atoms with Crippen molar-refractivity contribution >= 4 is 17.5 Å². The van der Waals surface area contributed by atoms with Gasteiger partial charge in [0.15, 0.2) is 0 Å². The van der Waals surface area contributed by atoms with Crippen LogP contribution < -0.4 is 15.5 Å². The molecule has 0 bridgehead atoms. The standard InChI is InChI=1S/C22H29N5O3/c1-26(2)19-7-5-18(6-8-19)20(27-10-12-30-13-11-27)16-25-22(29)21(28)24-15-17-4-3-9-23-14-17/h3-9,14,20H,10-13,15-16H2,1-2H3,(H,24,28)(H,25,29)/t20-/m1/s1. The maximum absolute atomic E-state index is 12.3. The van der Waals surface area contributed by atoms with E-state index in [1.807, 2.05) is 25.1 Å². The van der Waals surface area contributed by atoms with Gasteiger partial charge in [-0.1, -0.05) is 18.2 Å². The van der Waals surface area contributed by atoms with E-state index in [0.29, 0.717) is 19.8 Å². The minimum Gasteiger partial charge on any atom is -0.379 e. The number of carbonyl (C=O) groups is 2. The second-order valence-electron chi connectivity index (χ2n) is 7.40. The fourth-order valence-electron chi connectivity index (χ4n) is 3.38. The van der Waals surface area contributed by atoms with E-state index < -0.39 is 11.8 Å². The number of nitrogens with one attached hydrogen (secondary N) is 2. The molecular weight excluding hydrogens is 382 g/mol. The van der Waals surface area contributed by atoms with Crippen molar-refractivity contribution in [1.82, 2.24) is 20.5 Å². The Bertz CT molecular complexity index is 820. The Balaban J connectivity index is 1.61. The smallest absolute Gasteiger partial charge is 0.309 e. The number of morpholine rings is 1. The molecule has 8 heteroatoms. The molecule has 2 N–H and O–H groups in total. The Morgan fingerprint density at radius 3 is 2.43 bits per heavy atom. The molecule has 1 fully saturated rings. The highest BCUT2D eigenvalue weighted by Gasteiger charge is 2.24. The number of amides is 2. The quantitative estimate of drug-likeness (QED) is 0.660. The van der Waals surface area contributed by atoms with E-state index in [4.69, 9.17) is 4.74 Å². The van der Waals surface area contributed by atoms with Crippen molar-refractivity contribution in [2.24, 2.45) is 0 Å². The van der Waals surface area contributed by atoms with Crippen LogP contribution in [0.3, 0.4) is 0 Å². The van der Waals surface area contributed by atoms with Crippen molar-refractivity contribution in [2.45, 2.75) is 12.6 Å². The van der Waals surface area contributed by atoms with Crippen molar-refractivity contribution < 1.29 is 14.3 Å². The van der Waals surface area contributed by atoms with E-state index in [1.54, 1.807) is 18.5 Å². The van der Waals surface area contributed by atoms with Gasteiger partial charge in [0.1, 0.15) is 0 Å². The lowest BCUT2D eigenvalue weighted by Crippen LogP contribution is -2.46. The van der Waals surface area contributed by atoms with E-state index in [0.717, 1.165) is 29.9 Å². The summed E-state index contributed by atoms with van der Waals surface area (Å²) in [6.45, 7) is 3.49. The first-order valence-corrected chi connectivity index (χ1v) is 10.1. The molecule has 1 aromatic carbocycles. The van der Waals surface area contributed by atoms with Crippen molar-refractivity contribution in [3.8, 4) is 0 Å². The van der Waals surface area contributed by atoms with Crippen molar-refractivity contribution in [2.75, 3.05) is 51.8 Å². The maximum Gasteiger partial charge on any atom is 0.309 e. The van der Waals surface area contributed by atoms with Gasteiger partial charge in [-0.25, -0.2) is 0 Å². The van der Waals surface area contributed by atoms with E-state index in [9.17, 15) is 9.59 Å². The Morgan fingerprint density at radius 1 is 1.10 bits per heavy atom. The molecule has 2 heterocycles. The lowest BCUT2D eigenvalue weighted by molar-refractivity contribution is -0.139. The molecule has 2 amide bonds. The van der Waals surface area contributed by atoms with Crippen LogP contribution in [-0.4, -0.2) is 68.6 Å². The van der Waals surface area contributed by atoms with Gasteiger partial charge >= 0.3 is 11.8 Å². The molecule has 1 atom stereocenters. The summed E-state index contributed by atoms with van der Waals surface area (Å²) in [5.74, 6) is -1.29. The number of aromatic nitrogens is 1. The van der Waals surface area contributed by atoms with Crippen LogP contribution >= 0.6 is 0 Å². The Kier molecular flexibility index (Phi) is 7.75. The Hall–Kier alpha value is -2.97. The molecule has 1 aromatic heterocycles. The van der Waals surface area contributed by atoms with Gasteiger partial charge in [0.25, 0.3) is 0 Å². The number of nitrogens with zero attached hydrogens (tertiary/aromatic N) is 3. The van der Waals surface area contributed by atoms with Gasteiger partial charge in [-0.3, -0.25) is 19.5 Å². The van der Waals surface area contributed by atoms with Crippen LogP contribution in [0.15, 0.2) is 48.8 Å². The number of anilines is 1. The monoisotopic (exact) mass is 411 g/mol. The van der Waals surface area contributed by atoms with Crippen molar-refractivity contribution in [3.63, 3.8) is 0 Å². The van der Waals surface area contributed by atoms with Crippen LogP contribution in [0.2, 0.25) is 0 Å². The summed E-state index contributed by atoms with van der Waals surface area (Å²) in [4.78, 5) is 32.8. The maximum atomic E-state index is 12.3. The second kappa shape index (κ2) is 10.7. The van der Waals surface area contributed by atoms with E-state index in [-0.39, 0.29) is 12.6 Å². The molecule has 0 unspecified atom stereocenters. The van der Waals surface area contributed by atoms with Crippen LogP contribution in [0.1, 0.15) is 17.2 Å². The number of benzene rings is 1. The molecule has 3 rings (SSSR count). The molecule has 8 nitrogen and oxygen atoms in total. The molecule has 1 aliphatic heterocycles. The Labute approximate surface area is 177 Å². The third kappa shape index (κ3) is 6.01. The first kappa shape index (κ1) is 21.7. The second-order valence-corrected chi connectivity index (χ2v) is 7.40. The zero-order chi connectivity index (χ0) is 21.3. The predicted octanol–water partition coefficient (Wildman–Crippen LogP) is 0.954. The minimum absolute atomic E-state index is 0.0276. The number of ether oxygens (including phenoxy) is 1. The van der Waals surface area contributed by atoms with Crippen molar-refractivity contribution in [1.29, 1.82) is 0 Å². The van der Waals surface area contributed by atoms with E-state index >= 15 is 0 Å². The average molecular weight is 412 g/mol. The summed E-state index contributed by atoms with van der Waals surface area (Å²) in [6.07, 6.45) is 3.32. The molecule has 0 saturated carbocycles. The molecule has 2 aromatic rings. The van der Waals surface area contributed by atoms with E-state index in [1.165, 1.54) is 0 Å². The summed E-state index contributed by atoms with van der Waals surface area (Å²) < 4.78 is 5.47. The van der Waals surface area contributed by atoms with Crippen LogP contribution in [0.4, 0.5) is 5.69 Å². The highest BCUT2D eigenvalue weighted by atomic mass is 16.5. The van der Waals surface area contributed by atoms with Crippen molar-refractivity contribution in [3.05, 3.63) is 59.9 Å². The van der Waals surface area contributed by atoms with E-state index in [2.05, 4.69) is 44.8 Å². The summed E-state index contributed by atoms with van der Waals surface area (Å²) >= 11 is 0. The minimum atomic E-state index is -0.650. The summed E-state index contributed by atoms with van der Waals surface area (Å²) in [5.41, 5.74) is 3.04. The fraction of sp³-hybridized carbons (Fsp3) is 0.409. The first-order valence-electron chi connectivity index (χ1n) is 10.1. The number of carbonyl (C=O) groups excluding carboxylic acids is 2. The van der Waals surface area contributed by atoms with Gasteiger partial charge in [-0.2, -0.15) is 0 Å². The molecule has 0 spiro atoms. The zero-order valence-corrected chi connectivity index (χ0v) is 17.5. The lowest BCUT2D eigenvalue weighted by atomic mass is 10.0. The summed E-state index contributed by atoms with van der Waals surface area (Å²) in [7, 11) is 4.00. The molecule has 1 saturated heterocycles. The third-order valence-electron chi connectivity index (χ3n) is 5.12. The molecule has 160 valence electrons. The van der Waals surface area contributed by atoms with Gasteiger partial charge in [0, 0.05) is 58.4 Å². The highest BCUT2D eigenvalue weighted by Crippen LogP contribution is 2.23. The fourth-order valence-corrected chi connectivity index (χ4v) is 3.38. The third-order valence-corrected chi connectivity index (χ3v) is 5.12. The molecular formula is C22H29N5O3. The normalized spacial score (nSPS) is 15.3. The van der Waals surface area contributed by atoms with Crippen LogP contribution in [0, 0.1) is 0 Å². The molecule has 1 aliphatic rings. The molecule has 0 radical (unpaired) electrons. The molecule has 0 aliphatic carbocycles. The van der Waals surface area contributed by atoms with Gasteiger partial charge < -0.3 is 20.3 Å². The zero-order valence-electron chi connectivity index (χ0n) is 17.5. The number of hydrogen-bond acceptors (Lipinski definition) is 6. The highest BCUT2D eigenvalue weighted by molar-refractivity contribution is 6.35. The lowest BCUT2D eigenvalue weighted by Gasteiger charge is -2.35.